The van der Waals surface area contributed by atoms with E-state index in [0.29, 0.717) is 6.04 Å². The highest BCUT2D eigenvalue weighted by atomic mass is 16.3. The fraction of sp³-hybridized carbons (Fsp3) is 0.882. The fourth-order valence-corrected chi connectivity index (χ4v) is 3.26. The summed E-state index contributed by atoms with van der Waals surface area (Å²) in [4.78, 5) is 4.90. The third-order valence-electron chi connectivity index (χ3n) is 4.66. The van der Waals surface area contributed by atoms with Gasteiger partial charge in [-0.1, -0.05) is 11.6 Å². The first-order valence-electron chi connectivity index (χ1n) is 8.63. The summed E-state index contributed by atoms with van der Waals surface area (Å²) in [6.07, 6.45) is 7.09. The third-order valence-corrected chi connectivity index (χ3v) is 4.66. The van der Waals surface area contributed by atoms with Crippen molar-refractivity contribution in [2.24, 2.45) is 0 Å². The molecule has 0 bridgehead atoms. The highest BCUT2D eigenvalue weighted by Crippen LogP contribution is 2.11. The van der Waals surface area contributed by atoms with Crippen LogP contribution < -0.4 is 5.32 Å². The van der Waals surface area contributed by atoms with Crippen LogP contribution in [-0.2, 0) is 0 Å². The first-order chi connectivity index (χ1) is 10.1. The molecule has 4 nitrogen and oxygen atoms in total. The van der Waals surface area contributed by atoms with Crippen molar-refractivity contribution in [3.05, 3.63) is 11.6 Å². The molecular formula is C17H33N3O. The first kappa shape index (κ1) is 16.9. The fourth-order valence-electron chi connectivity index (χ4n) is 3.26. The number of nitrogens with zero attached hydrogens (tertiary/aromatic N) is 2. The van der Waals surface area contributed by atoms with Crippen molar-refractivity contribution in [2.75, 3.05) is 45.8 Å². The largest absolute Gasteiger partial charge is 0.390 e. The van der Waals surface area contributed by atoms with Crippen LogP contribution in [0, 0.1) is 0 Å². The SMILES string of the molecule is CC(C)=CCN1CCC(NCC(O)CN2CCCC2)CC1. The maximum atomic E-state index is 10.1. The highest BCUT2D eigenvalue weighted by Gasteiger charge is 2.20. The average molecular weight is 295 g/mol. The number of aliphatic hydroxyl groups is 1. The highest BCUT2D eigenvalue weighted by molar-refractivity contribution is 4.95. The molecule has 2 aliphatic rings. The van der Waals surface area contributed by atoms with E-state index in [0.717, 1.165) is 19.6 Å². The molecule has 4 heteroatoms. The minimum atomic E-state index is -0.216. The number of hydrogen-bond donors (Lipinski definition) is 2. The Labute approximate surface area is 130 Å². The minimum Gasteiger partial charge on any atom is -0.390 e. The van der Waals surface area contributed by atoms with Gasteiger partial charge in [0.25, 0.3) is 0 Å². The molecular weight excluding hydrogens is 262 g/mol. The van der Waals surface area contributed by atoms with Gasteiger partial charge in [-0.05, 0) is 65.7 Å². The second kappa shape index (κ2) is 8.89. The van der Waals surface area contributed by atoms with Gasteiger partial charge >= 0.3 is 0 Å². The Morgan fingerprint density at radius 2 is 1.81 bits per heavy atom. The summed E-state index contributed by atoms with van der Waals surface area (Å²) in [5.41, 5.74) is 1.40. The van der Waals surface area contributed by atoms with Crippen molar-refractivity contribution in [1.82, 2.24) is 15.1 Å². The van der Waals surface area contributed by atoms with Gasteiger partial charge in [0.05, 0.1) is 6.10 Å². The van der Waals surface area contributed by atoms with Crippen molar-refractivity contribution in [2.45, 2.75) is 51.7 Å². The number of piperidine rings is 1. The van der Waals surface area contributed by atoms with E-state index in [4.69, 9.17) is 0 Å². The third kappa shape index (κ3) is 6.47. The van der Waals surface area contributed by atoms with E-state index < -0.39 is 0 Å². The molecule has 0 radical (unpaired) electrons. The molecule has 2 saturated heterocycles. The zero-order valence-corrected chi connectivity index (χ0v) is 13.9. The van der Waals surface area contributed by atoms with Gasteiger partial charge in [0.15, 0.2) is 0 Å². The summed E-state index contributed by atoms with van der Waals surface area (Å²) in [7, 11) is 0. The number of hydrogen-bond acceptors (Lipinski definition) is 4. The lowest BCUT2D eigenvalue weighted by Gasteiger charge is -2.32. The van der Waals surface area contributed by atoms with Crippen LogP contribution in [0.15, 0.2) is 11.6 Å². The van der Waals surface area contributed by atoms with Crippen LogP contribution >= 0.6 is 0 Å². The van der Waals surface area contributed by atoms with E-state index in [-0.39, 0.29) is 6.10 Å². The Balaban J connectivity index is 1.56. The summed E-state index contributed by atoms with van der Waals surface area (Å²) >= 11 is 0. The first-order valence-corrected chi connectivity index (χ1v) is 8.63. The standard InChI is InChI=1S/C17H33N3O/c1-15(2)5-10-19-11-6-16(7-12-19)18-13-17(21)14-20-8-3-4-9-20/h5,16-18,21H,3-4,6-14H2,1-2H3. The van der Waals surface area contributed by atoms with Gasteiger partial charge < -0.3 is 15.3 Å². The second-order valence-electron chi connectivity index (χ2n) is 6.93. The molecule has 21 heavy (non-hydrogen) atoms. The van der Waals surface area contributed by atoms with Gasteiger partial charge in [-0.15, -0.1) is 0 Å². The van der Waals surface area contributed by atoms with Crippen LogP contribution in [-0.4, -0.2) is 72.9 Å². The number of rotatable bonds is 7. The van der Waals surface area contributed by atoms with Gasteiger partial charge in [-0.3, -0.25) is 4.90 Å². The molecule has 2 fully saturated rings. The Morgan fingerprint density at radius 3 is 2.43 bits per heavy atom. The van der Waals surface area contributed by atoms with Crippen molar-refractivity contribution < 1.29 is 5.11 Å². The minimum absolute atomic E-state index is 0.216. The van der Waals surface area contributed by atoms with Gasteiger partial charge in [-0.25, -0.2) is 0 Å². The second-order valence-corrected chi connectivity index (χ2v) is 6.93. The molecule has 2 N–H and O–H groups in total. The number of allylic oxidation sites excluding steroid dienone is 1. The predicted octanol–water partition coefficient (Wildman–Crippen LogP) is 1.46. The summed E-state index contributed by atoms with van der Waals surface area (Å²) in [5.74, 6) is 0. The van der Waals surface area contributed by atoms with Gasteiger partial charge in [0.1, 0.15) is 0 Å². The number of β-amino-alcohol motifs (C(OH)–C–C–N with tert-alkyl or cyclic N) is 1. The van der Waals surface area contributed by atoms with E-state index in [1.54, 1.807) is 0 Å². The smallest absolute Gasteiger partial charge is 0.0791 e. The lowest BCUT2D eigenvalue weighted by atomic mass is 10.0. The lowest BCUT2D eigenvalue weighted by Crippen LogP contribution is -2.46. The molecule has 0 aromatic carbocycles. The number of nitrogens with one attached hydrogen (secondary N) is 1. The molecule has 0 spiro atoms. The monoisotopic (exact) mass is 295 g/mol. The van der Waals surface area contributed by atoms with E-state index >= 15 is 0 Å². The van der Waals surface area contributed by atoms with E-state index in [2.05, 4.69) is 35.0 Å². The van der Waals surface area contributed by atoms with Gasteiger partial charge in [0.2, 0.25) is 0 Å². The molecule has 1 atom stereocenters. The molecule has 0 aromatic heterocycles. The van der Waals surface area contributed by atoms with Gasteiger partial charge in [0, 0.05) is 25.7 Å². The lowest BCUT2D eigenvalue weighted by molar-refractivity contribution is 0.114. The number of likely N-dealkylation sites (tertiary alicyclic amines) is 2. The molecule has 0 amide bonds. The predicted molar refractivity (Wildman–Crippen MR) is 88.6 cm³/mol. The summed E-state index contributed by atoms with van der Waals surface area (Å²) in [5, 5.41) is 13.7. The maximum Gasteiger partial charge on any atom is 0.0791 e. The van der Waals surface area contributed by atoms with Gasteiger partial charge in [-0.2, -0.15) is 0 Å². The van der Waals surface area contributed by atoms with Crippen LogP contribution in [0.1, 0.15) is 39.5 Å². The van der Waals surface area contributed by atoms with Crippen molar-refractivity contribution >= 4 is 0 Å². The zero-order valence-electron chi connectivity index (χ0n) is 13.9. The molecule has 2 aliphatic heterocycles. The maximum absolute atomic E-state index is 10.1. The van der Waals surface area contributed by atoms with Crippen molar-refractivity contribution in [1.29, 1.82) is 0 Å². The van der Waals surface area contributed by atoms with Crippen LogP contribution in [0.3, 0.4) is 0 Å². The summed E-state index contributed by atoms with van der Waals surface area (Å²) in [6, 6.07) is 0.584. The summed E-state index contributed by atoms with van der Waals surface area (Å²) in [6.45, 7) is 11.7. The summed E-state index contributed by atoms with van der Waals surface area (Å²) < 4.78 is 0. The Kier molecular flexibility index (Phi) is 7.17. The van der Waals surface area contributed by atoms with Crippen LogP contribution in [0.5, 0.6) is 0 Å². The topological polar surface area (TPSA) is 38.7 Å². The van der Waals surface area contributed by atoms with Crippen molar-refractivity contribution in [3.8, 4) is 0 Å². The average Bonchev–Trinajstić information content (AvgIpc) is 2.97. The molecule has 2 rings (SSSR count). The Hall–Kier alpha value is -0.420. The Morgan fingerprint density at radius 1 is 1.14 bits per heavy atom. The zero-order chi connectivity index (χ0) is 15.1. The normalized spacial score (nSPS) is 23.4. The molecule has 1 unspecified atom stereocenters. The van der Waals surface area contributed by atoms with E-state index in [1.165, 1.54) is 57.4 Å². The van der Waals surface area contributed by atoms with Crippen LogP contribution in [0.25, 0.3) is 0 Å². The van der Waals surface area contributed by atoms with Crippen molar-refractivity contribution in [3.63, 3.8) is 0 Å². The van der Waals surface area contributed by atoms with Crippen LogP contribution in [0.4, 0.5) is 0 Å². The molecule has 2 heterocycles. The Bertz CT molecular complexity index is 314. The number of aliphatic hydroxyl groups excluding tert-OH is 1. The quantitative estimate of drug-likeness (QED) is 0.698. The molecule has 0 saturated carbocycles. The molecule has 0 aromatic rings. The molecule has 0 aliphatic carbocycles. The van der Waals surface area contributed by atoms with E-state index in [1.807, 2.05) is 0 Å². The molecule has 122 valence electrons. The van der Waals surface area contributed by atoms with Crippen LogP contribution in [0.2, 0.25) is 0 Å². The van der Waals surface area contributed by atoms with E-state index in [9.17, 15) is 5.11 Å².